The first-order valence-corrected chi connectivity index (χ1v) is 6.02. The second-order valence-electron chi connectivity index (χ2n) is 3.14. The lowest BCUT2D eigenvalue weighted by Gasteiger charge is -1.93. The summed E-state index contributed by atoms with van der Waals surface area (Å²) in [6.45, 7) is 2.14. The van der Waals surface area contributed by atoms with E-state index < -0.39 is 0 Å². The fourth-order valence-corrected chi connectivity index (χ4v) is 1.97. The predicted octanol–water partition coefficient (Wildman–Crippen LogP) is 2.98. The predicted molar refractivity (Wildman–Crippen MR) is 65.5 cm³/mol. The Kier molecular flexibility index (Phi) is 3.72. The zero-order chi connectivity index (χ0) is 12.1. The third kappa shape index (κ3) is 3.04. The van der Waals surface area contributed by atoms with E-state index in [1.165, 1.54) is 17.4 Å². The molecule has 0 aliphatic rings. The average molecular weight is 249 g/mol. The molecule has 4 nitrogen and oxygen atoms in total. The van der Waals surface area contributed by atoms with Crippen LogP contribution < -0.4 is 0 Å². The topological polar surface area (TPSA) is 52.3 Å². The third-order valence-corrected chi connectivity index (χ3v) is 2.81. The molecule has 0 amide bonds. The van der Waals surface area contributed by atoms with Crippen LogP contribution in [0.1, 0.15) is 12.6 Å². The molecule has 2 heterocycles. The number of ether oxygens (including phenoxy) is 1. The summed E-state index contributed by atoms with van der Waals surface area (Å²) in [5.41, 5.74) is 0.717. The molecule has 0 atom stereocenters. The Morgan fingerprint density at radius 1 is 1.65 bits per heavy atom. The highest BCUT2D eigenvalue weighted by Gasteiger charge is 2.05. The van der Waals surface area contributed by atoms with Crippen LogP contribution in [0.3, 0.4) is 0 Å². The molecule has 0 radical (unpaired) electrons. The molecule has 0 aromatic carbocycles. The summed E-state index contributed by atoms with van der Waals surface area (Å²) in [6.07, 6.45) is 4.59. The Morgan fingerprint density at radius 3 is 3.24 bits per heavy atom. The molecule has 0 aliphatic carbocycles. The first-order chi connectivity index (χ1) is 8.29. The monoisotopic (exact) mass is 249 g/mol. The first kappa shape index (κ1) is 11.6. The van der Waals surface area contributed by atoms with Crippen LogP contribution in [0.4, 0.5) is 0 Å². The Morgan fingerprint density at radius 2 is 2.53 bits per heavy atom. The molecule has 88 valence electrons. The van der Waals surface area contributed by atoms with Crippen molar-refractivity contribution in [1.82, 2.24) is 4.98 Å². The van der Waals surface area contributed by atoms with E-state index in [9.17, 15) is 4.79 Å². The highest BCUT2D eigenvalue weighted by atomic mass is 32.1. The van der Waals surface area contributed by atoms with Gasteiger partial charge in [0, 0.05) is 11.5 Å². The lowest BCUT2D eigenvalue weighted by molar-refractivity contribution is -0.137. The van der Waals surface area contributed by atoms with Gasteiger partial charge in [-0.3, -0.25) is 0 Å². The molecule has 0 spiro atoms. The normalized spacial score (nSPS) is 10.9. The smallest absolute Gasteiger partial charge is 0.330 e. The van der Waals surface area contributed by atoms with Gasteiger partial charge in [0.1, 0.15) is 0 Å². The van der Waals surface area contributed by atoms with Crippen molar-refractivity contribution in [3.05, 3.63) is 35.5 Å². The summed E-state index contributed by atoms with van der Waals surface area (Å²) in [6, 6.07) is 3.66. The van der Waals surface area contributed by atoms with E-state index in [1.54, 1.807) is 19.3 Å². The maximum Gasteiger partial charge on any atom is 0.330 e. The SMILES string of the molecule is CCOC(=O)/C=C/c1csc(-c2ccco2)n1. The first-order valence-electron chi connectivity index (χ1n) is 5.14. The quantitative estimate of drug-likeness (QED) is 0.617. The Balaban J connectivity index is 2.06. The fraction of sp³-hybridized carbons (Fsp3) is 0.167. The molecule has 2 aromatic rings. The van der Waals surface area contributed by atoms with Crippen molar-refractivity contribution in [2.45, 2.75) is 6.92 Å². The van der Waals surface area contributed by atoms with Gasteiger partial charge in [0.05, 0.1) is 18.6 Å². The van der Waals surface area contributed by atoms with Crippen molar-refractivity contribution in [2.75, 3.05) is 6.61 Å². The number of esters is 1. The maximum absolute atomic E-state index is 11.1. The highest BCUT2D eigenvalue weighted by Crippen LogP contribution is 2.24. The van der Waals surface area contributed by atoms with Crippen LogP contribution in [-0.4, -0.2) is 17.6 Å². The lowest BCUT2D eigenvalue weighted by atomic mass is 10.4. The Hall–Kier alpha value is -1.88. The highest BCUT2D eigenvalue weighted by molar-refractivity contribution is 7.13. The van der Waals surface area contributed by atoms with Gasteiger partial charge in [-0.1, -0.05) is 0 Å². The van der Waals surface area contributed by atoms with Crippen LogP contribution in [0.25, 0.3) is 16.8 Å². The van der Waals surface area contributed by atoms with Crippen LogP contribution in [0.15, 0.2) is 34.3 Å². The Bertz CT molecular complexity index is 514. The molecule has 0 saturated carbocycles. The second-order valence-corrected chi connectivity index (χ2v) is 4.00. The number of hydrogen-bond acceptors (Lipinski definition) is 5. The molecule has 2 rings (SSSR count). The number of carbonyl (C=O) groups is 1. The van der Waals surface area contributed by atoms with Crippen molar-refractivity contribution >= 4 is 23.4 Å². The molecule has 0 aliphatic heterocycles. The van der Waals surface area contributed by atoms with Gasteiger partial charge in [-0.25, -0.2) is 9.78 Å². The van der Waals surface area contributed by atoms with Crippen LogP contribution >= 0.6 is 11.3 Å². The van der Waals surface area contributed by atoms with E-state index in [0.717, 1.165) is 16.5 Å². The maximum atomic E-state index is 11.1. The summed E-state index contributed by atoms with van der Waals surface area (Å²) in [4.78, 5) is 15.4. The van der Waals surface area contributed by atoms with Crippen molar-refractivity contribution < 1.29 is 13.9 Å². The summed E-state index contributed by atoms with van der Waals surface area (Å²) in [5, 5.41) is 2.65. The third-order valence-electron chi connectivity index (χ3n) is 1.93. The zero-order valence-electron chi connectivity index (χ0n) is 9.25. The molecule has 0 bridgehead atoms. The van der Waals surface area contributed by atoms with E-state index >= 15 is 0 Å². The summed E-state index contributed by atoms with van der Waals surface area (Å²) in [7, 11) is 0. The van der Waals surface area contributed by atoms with Crippen LogP contribution in [0.5, 0.6) is 0 Å². The minimum absolute atomic E-state index is 0.361. The van der Waals surface area contributed by atoms with Crippen LogP contribution in [-0.2, 0) is 9.53 Å². The fourth-order valence-electron chi connectivity index (χ4n) is 1.22. The number of rotatable bonds is 4. The van der Waals surface area contributed by atoms with Crippen molar-refractivity contribution in [3.8, 4) is 10.8 Å². The average Bonchev–Trinajstić information content (AvgIpc) is 2.97. The number of aromatic nitrogens is 1. The zero-order valence-corrected chi connectivity index (χ0v) is 10.1. The largest absolute Gasteiger partial charge is 0.463 e. The van der Waals surface area contributed by atoms with E-state index in [-0.39, 0.29) is 5.97 Å². The summed E-state index contributed by atoms with van der Waals surface area (Å²) >= 11 is 1.46. The summed E-state index contributed by atoms with van der Waals surface area (Å²) < 4.78 is 10.0. The number of nitrogens with zero attached hydrogens (tertiary/aromatic N) is 1. The molecule has 17 heavy (non-hydrogen) atoms. The van der Waals surface area contributed by atoms with Crippen molar-refractivity contribution in [3.63, 3.8) is 0 Å². The minimum atomic E-state index is -0.361. The van der Waals surface area contributed by atoms with E-state index in [0.29, 0.717) is 6.61 Å². The molecule has 5 heteroatoms. The molecule has 0 unspecified atom stereocenters. The Labute approximate surface area is 103 Å². The molecular weight excluding hydrogens is 238 g/mol. The molecule has 0 saturated heterocycles. The van der Waals surface area contributed by atoms with Gasteiger partial charge in [0.15, 0.2) is 10.8 Å². The van der Waals surface area contributed by atoms with Gasteiger partial charge >= 0.3 is 5.97 Å². The van der Waals surface area contributed by atoms with E-state index in [2.05, 4.69) is 4.98 Å². The van der Waals surface area contributed by atoms with Crippen molar-refractivity contribution in [2.24, 2.45) is 0 Å². The minimum Gasteiger partial charge on any atom is -0.463 e. The number of carbonyl (C=O) groups excluding carboxylic acids is 1. The van der Waals surface area contributed by atoms with Gasteiger partial charge in [0.25, 0.3) is 0 Å². The standard InChI is InChI=1S/C12H11NO3S/c1-2-15-11(14)6-5-9-8-17-12(13-9)10-4-3-7-16-10/h3-8H,2H2,1H3/b6-5+. The molecular formula is C12H11NO3S. The number of thiazole rings is 1. The van der Waals surface area contributed by atoms with Gasteiger partial charge in [-0.2, -0.15) is 0 Å². The number of hydrogen-bond donors (Lipinski definition) is 0. The van der Waals surface area contributed by atoms with Gasteiger partial charge in [-0.05, 0) is 25.1 Å². The van der Waals surface area contributed by atoms with Crippen LogP contribution in [0, 0.1) is 0 Å². The van der Waals surface area contributed by atoms with E-state index in [4.69, 9.17) is 9.15 Å². The number of furan rings is 1. The summed E-state index contributed by atoms with van der Waals surface area (Å²) in [5.74, 6) is 0.367. The van der Waals surface area contributed by atoms with Crippen molar-refractivity contribution in [1.29, 1.82) is 0 Å². The molecule has 0 N–H and O–H groups in total. The molecule has 2 aromatic heterocycles. The second kappa shape index (κ2) is 5.45. The lowest BCUT2D eigenvalue weighted by Crippen LogP contribution is -1.98. The van der Waals surface area contributed by atoms with Gasteiger partial charge in [0.2, 0.25) is 0 Å². The van der Waals surface area contributed by atoms with E-state index in [1.807, 2.05) is 17.5 Å². The van der Waals surface area contributed by atoms with Gasteiger partial charge < -0.3 is 9.15 Å². The van der Waals surface area contributed by atoms with Crippen LogP contribution in [0.2, 0.25) is 0 Å². The van der Waals surface area contributed by atoms with Gasteiger partial charge in [-0.15, -0.1) is 11.3 Å². The molecule has 0 fully saturated rings.